The summed E-state index contributed by atoms with van der Waals surface area (Å²) in [5, 5.41) is 9.16. The molecular formula is C8H12F2O. The Morgan fingerprint density at radius 3 is 2.00 bits per heavy atom. The molecule has 3 atom stereocenters. The summed E-state index contributed by atoms with van der Waals surface area (Å²) < 4.78 is 25.4. The van der Waals surface area contributed by atoms with E-state index in [1.807, 2.05) is 0 Å². The van der Waals surface area contributed by atoms with Gasteiger partial charge in [0.25, 0.3) is 0 Å². The van der Waals surface area contributed by atoms with Gasteiger partial charge in [-0.15, -0.1) is 0 Å². The summed E-state index contributed by atoms with van der Waals surface area (Å²) in [4.78, 5) is 0. The molecule has 0 spiro atoms. The van der Waals surface area contributed by atoms with E-state index in [2.05, 4.69) is 0 Å². The predicted octanol–water partition coefficient (Wildman–Crippen LogP) is 1.80. The molecular weight excluding hydrogens is 150 g/mol. The van der Waals surface area contributed by atoms with Gasteiger partial charge in [0.2, 0.25) is 5.92 Å². The first kappa shape index (κ1) is 7.47. The molecule has 0 amide bonds. The second-order valence-corrected chi connectivity index (χ2v) is 3.91. The zero-order valence-electron chi connectivity index (χ0n) is 6.26. The Morgan fingerprint density at radius 1 is 1.09 bits per heavy atom. The van der Waals surface area contributed by atoms with Crippen LogP contribution in [0.5, 0.6) is 0 Å². The molecule has 2 saturated carbocycles. The van der Waals surface area contributed by atoms with Gasteiger partial charge in [-0.3, -0.25) is 0 Å². The number of hydrogen-bond donors (Lipinski definition) is 1. The van der Waals surface area contributed by atoms with Crippen molar-refractivity contribution in [1.29, 1.82) is 0 Å². The highest BCUT2D eigenvalue weighted by molar-refractivity contribution is 4.94. The van der Waals surface area contributed by atoms with Gasteiger partial charge in [0, 0.05) is 12.8 Å². The van der Waals surface area contributed by atoms with E-state index in [0.717, 1.165) is 0 Å². The fourth-order valence-electron chi connectivity index (χ4n) is 2.53. The van der Waals surface area contributed by atoms with E-state index in [9.17, 15) is 8.78 Å². The van der Waals surface area contributed by atoms with Gasteiger partial charge in [0.15, 0.2) is 0 Å². The molecule has 0 aromatic carbocycles. The highest BCUT2D eigenvalue weighted by Gasteiger charge is 2.50. The van der Waals surface area contributed by atoms with E-state index < -0.39 is 5.92 Å². The SMILES string of the molecule is OC1C[C@@H]2CC(F)(F)C[C@@H]2C1. The lowest BCUT2D eigenvalue weighted by molar-refractivity contribution is -0.00401. The van der Waals surface area contributed by atoms with Gasteiger partial charge in [-0.05, 0) is 24.7 Å². The zero-order chi connectivity index (χ0) is 8.06. The minimum Gasteiger partial charge on any atom is -0.393 e. The van der Waals surface area contributed by atoms with Crippen LogP contribution in [0.3, 0.4) is 0 Å². The Bertz CT molecular complexity index is 153. The van der Waals surface area contributed by atoms with Crippen LogP contribution in [0.15, 0.2) is 0 Å². The van der Waals surface area contributed by atoms with Crippen LogP contribution in [0.4, 0.5) is 8.78 Å². The molecule has 2 aliphatic rings. The maximum Gasteiger partial charge on any atom is 0.248 e. The fraction of sp³-hybridized carbons (Fsp3) is 1.00. The topological polar surface area (TPSA) is 20.2 Å². The number of aliphatic hydroxyl groups is 1. The summed E-state index contributed by atoms with van der Waals surface area (Å²) in [6.07, 6.45) is 0.908. The molecule has 0 saturated heterocycles. The third-order valence-electron chi connectivity index (χ3n) is 2.94. The highest BCUT2D eigenvalue weighted by Crippen LogP contribution is 2.50. The van der Waals surface area contributed by atoms with Crippen molar-refractivity contribution in [3.63, 3.8) is 0 Å². The van der Waals surface area contributed by atoms with Crippen LogP contribution in [0.2, 0.25) is 0 Å². The standard InChI is InChI=1S/C8H12F2O/c9-8(10)3-5-1-7(11)2-6(5)4-8/h5-7,11H,1-4H2/t5-,6+,7?. The summed E-state index contributed by atoms with van der Waals surface area (Å²) in [6.45, 7) is 0. The number of fused-ring (bicyclic) bond motifs is 1. The van der Waals surface area contributed by atoms with E-state index >= 15 is 0 Å². The van der Waals surface area contributed by atoms with Crippen LogP contribution < -0.4 is 0 Å². The molecule has 3 heteroatoms. The smallest absolute Gasteiger partial charge is 0.248 e. The fourth-order valence-corrected chi connectivity index (χ4v) is 2.53. The molecule has 11 heavy (non-hydrogen) atoms. The van der Waals surface area contributed by atoms with E-state index in [1.54, 1.807) is 0 Å². The molecule has 0 aromatic heterocycles. The van der Waals surface area contributed by atoms with E-state index in [4.69, 9.17) is 5.11 Å². The first-order chi connectivity index (χ1) is 5.07. The van der Waals surface area contributed by atoms with Gasteiger partial charge in [-0.2, -0.15) is 0 Å². The number of aliphatic hydroxyl groups excluding tert-OH is 1. The Labute approximate surface area is 64.4 Å². The van der Waals surface area contributed by atoms with Crippen molar-refractivity contribution in [3.8, 4) is 0 Å². The lowest BCUT2D eigenvalue weighted by Gasteiger charge is -2.09. The van der Waals surface area contributed by atoms with Crippen LogP contribution in [0, 0.1) is 11.8 Å². The Hall–Kier alpha value is -0.180. The first-order valence-electron chi connectivity index (χ1n) is 4.13. The largest absolute Gasteiger partial charge is 0.393 e. The molecule has 1 N–H and O–H groups in total. The highest BCUT2D eigenvalue weighted by atomic mass is 19.3. The summed E-state index contributed by atoms with van der Waals surface area (Å²) in [6, 6.07) is 0. The van der Waals surface area contributed by atoms with E-state index in [0.29, 0.717) is 12.8 Å². The number of rotatable bonds is 0. The minimum atomic E-state index is -2.44. The average Bonchev–Trinajstić information content (AvgIpc) is 2.17. The lowest BCUT2D eigenvalue weighted by atomic mass is 10.0. The molecule has 1 unspecified atom stereocenters. The second kappa shape index (κ2) is 2.16. The van der Waals surface area contributed by atoms with Crippen molar-refractivity contribution in [2.45, 2.75) is 37.7 Å². The molecule has 0 aromatic rings. The number of alkyl halides is 2. The summed E-state index contributed by atoms with van der Waals surface area (Å²) in [5.41, 5.74) is 0. The Balaban J connectivity index is 2.04. The molecule has 0 heterocycles. The number of hydrogen-bond acceptors (Lipinski definition) is 1. The Kier molecular flexibility index (Phi) is 1.46. The van der Waals surface area contributed by atoms with Crippen LogP contribution in [0.25, 0.3) is 0 Å². The van der Waals surface area contributed by atoms with Gasteiger partial charge >= 0.3 is 0 Å². The van der Waals surface area contributed by atoms with Gasteiger partial charge in [-0.25, -0.2) is 8.78 Å². The van der Waals surface area contributed by atoms with Crippen molar-refractivity contribution < 1.29 is 13.9 Å². The third-order valence-corrected chi connectivity index (χ3v) is 2.94. The molecule has 0 aliphatic heterocycles. The summed E-state index contributed by atoms with van der Waals surface area (Å²) >= 11 is 0. The number of halogens is 2. The molecule has 0 radical (unpaired) electrons. The summed E-state index contributed by atoms with van der Waals surface area (Å²) in [7, 11) is 0. The van der Waals surface area contributed by atoms with Crippen LogP contribution >= 0.6 is 0 Å². The van der Waals surface area contributed by atoms with Crippen LogP contribution in [0.1, 0.15) is 25.7 Å². The van der Waals surface area contributed by atoms with E-state index in [-0.39, 0.29) is 30.8 Å². The molecule has 2 rings (SSSR count). The molecule has 1 nitrogen and oxygen atoms in total. The monoisotopic (exact) mass is 162 g/mol. The van der Waals surface area contributed by atoms with Gasteiger partial charge in [-0.1, -0.05) is 0 Å². The van der Waals surface area contributed by atoms with Crippen LogP contribution in [-0.4, -0.2) is 17.1 Å². The quantitative estimate of drug-likeness (QED) is 0.576. The molecule has 64 valence electrons. The molecule has 2 fully saturated rings. The van der Waals surface area contributed by atoms with Crippen molar-refractivity contribution in [3.05, 3.63) is 0 Å². The minimum absolute atomic E-state index is 0.00866. The maximum absolute atomic E-state index is 12.7. The van der Waals surface area contributed by atoms with Crippen molar-refractivity contribution in [2.75, 3.05) is 0 Å². The van der Waals surface area contributed by atoms with Crippen LogP contribution in [-0.2, 0) is 0 Å². The van der Waals surface area contributed by atoms with Gasteiger partial charge in [0.05, 0.1) is 6.10 Å². The van der Waals surface area contributed by atoms with Crippen molar-refractivity contribution >= 4 is 0 Å². The third kappa shape index (κ3) is 1.26. The second-order valence-electron chi connectivity index (χ2n) is 3.91. The zero-order valence-corrected chi connectivity index (χ0v) is 6.26. The average molecular weight is 162 g/mol. The predicted molar refractivity (Wildman–Crippen MR) is 36.4 cm³/mol. The molecule has 2 aliphatic carbocycles. The normalized spacial score (nSPS) is 47.7. The molecule has 0 bridgehead atoms. The van der Waals surface area contributed by atoms with Gasteiger partial charge in [0.1, 0.15) is 0 Å². The van der Waals surface area contributed by atoms with E-state index in [1.165, 1.54) is 0 Å². The Morgan fingerprint density at radius 2 is 1.55 bits per heavy atom. The van der Waals surface area contributed by atoms with Crippen molar-refractivity contribution in [1.82, 2.24) is 0 Å². The maximum atomic E-state index is 12.7. The lowest BCUT2D eigenvalue weighted by Crippen LogP contribution is -2.13. The first-order valence-corrected chi connectivity index (χ1v) is 4.13. The van der Waals surface area contributed by atoms with Gasteiger partial charge < -0.3 is 5.11 Å². The summed E-state index contributed by atoms with van der Waals surface area (Å²) in [5.74, 6) is -2.24. The van der Waals surface area contributed by atoms with Crippen molar-refractivity contribution in [2.24, 2.45) is 11.8 Å².